The van der Waals surface area contributed by atoms with Crippen LogP contribution in [0.2, 0.25) is 5.02 Å². The van der Waals surface area contributed by atoms with E-state index in [0.29, 0.717) is 11.3 Å². The average molecular weight is 283 g/mol. The van der Waals surface area contributed by atoms with Gasteiger partial charge in [-0.2, -0.15) is 0 Å². The van der Waals surface area contributed by atoms with Crippen LogP contribution in [-0.4, -0.2) is 11.0 Å². The second-order valence-electron chi connectivity index (χ2n) is 3.70. The molecule has 0 saturated carbocycles. The molecule has 2 N–H and O–H groups in total. The van der Waals surface area contributed by atoms with E-state index in [4.69, 9.17) is 22.1 Å². The largest absolute Gasteiger partial charge is 0.455 e. The summed E-state index contributed by atoms with van der Waals surface area (Å²) in [6.45, 7) is 2.04. The summed E-state index contributed by atoms with van der Waals surface area (Å²) < 4.78 is 5.13. The molecule has 4 nitrogen and oxygen atoms in total. The zero-order chi connectivity index (χ0) is 13.1. The molecule has 1 aromatic carbocycles. The SMILES string of the molecule is Cc1csc(COC(=O)c2ccc(N)cc2Cl)n1. The third kappa shape index (κ3) is 3.00. The lowest BCUT2D eigenvalue weighted by Gasteiger charge is -2.05. The van der Waals surface area contributed by atoms with E-state index in [1.807, 2.05) is 12.3 Å². The van der Waals surface area contributed by atoms with E-state index in [2.05, 4.69) is 4.98 Å². The molecule has 0 aliphatic heterocycles. The Morgan fingerprint density at radius 1 is 1.56 bits per heavy atom. The van der Waals surface area contributed by atoms with Crippen molar-refractivity contribution in [1.82, 2.24) is 4.98 Å². The molecule has 0 atom stereocenters. The predicted molar refractivity (Wildman–Crippen MR) is 71.8 cm³/mol. The Labute approximate surface area is 113 Å². The molecule has 0 radical (unpaired) electrons. The van der Waals surface area contributed by atoms with Crippen LogP contribution in [0.15, 0.2) is 23.6 Å². The minimum absolute atomic E-state index is 0.151. The van der Waals surface area contributed by atoms with Gasteiger partial charge in [0, 0.05) is 16.8 Å². The molecule has 0 amide bonds. The lowest BCUT2D eigenvalue weighted by Crippen LogP contribution is -2.06. The Morgan fingerprint density at radius 3 is 2.94 bits per heavy atom. The van der Waals surface area contributed by atoms with Crippen molar-refractivity contribution in [3.63, 3.8) is 0 Å². The molecule has 2 rings (SSSR count). The van der Waals surface area contributed by atoms with Crippen LogP contribution in [0.5, 0.6) is 0 Å². The van der Waals surface area contributed by atoms with E-state index in [-0.39, 0.29) is 11.6 Å². The van der Waals surface area contributed by atoms with Gasteiger partial charge in [0.05, 0.1) is 10.6 Å². The van der Waals surface area contributed by atoms with Crippen LogP contribution in [0.4, 0.5) is 5.69 Å². The lowest BCUT2D eigenvalue weighted by atomic mass is 10.2. The van der Waals surface area contributed by atoms with Crippen LogP contribution in [0.1, 0.15) is 21.1 Å². The van der Waals surface area contributed by atoms with Crippen molar-refractivity contribution >= 4 is 34.6 Å². The van der Waals surface area contributed by atoms with Crippen molar-refractivity contribution in [2.45, 2.75) is 13.5 Å². The first-order valence-corrected chi connectivity index (χ1v) is 6.45. The number of halogens is 1. The Hall–Kier alpha value is -1.59. The summed E-state index contributed by atoms with van der Waals surface area (Å²) in [5, 5.41) is 2.95. The van der Waals surface area contributed by atoms with Gasteiger partial charge in [-0.05, 0) is 25.1 Å². The van der Waals surface area contributed by atoms with Gasteiger partial charge >= 0.3 is 5.97 Å². The van der Waals surface area contributed by atoms with E-state index in [1.54, 1.807) is 12.1 Å². The molecule has 0 bridgehead atoms. The smallest absolute Gasteiger partial charge is 0.340 e. The number of carbonyl (C=O) groups is 1. The molecule has 1 heterocycles. The molecular formula is C12H11ClN2O2S. The van der Waals surface area contributed by atoms with Crippen LogP contribution in [0.3, 0.4) is 0 Å². The van der Waals surface area contributed by atoms with Crippen LogP contribution in [0, 0.1) is 6.92 Å². The van der Waals surface area contributed by atoms with Crippen LogP contribution < -0.4 is 5.73 Å². The number of nitrogens with zero attached hydrogens (tertiary/aromatic N) is 1. The quantitative estimate of drug-likeness (QED) is 0.694. The van der Waals surface area contributed by atoms with E-state index in [1.165, 1.54) is 17.4 Å². The molecule has 18 heavy (non-hydrogen) atoms. The Balaban J connectivity index is 2.03. The molecule has 0 aliphatic carbocycles. The van der Waals surface area contributed by atoms with Crippen LogP contribution in [-0.2, 0) is 11.3 Å². The second kappa shape index (κ2) is 5.37. The standard InChI is InChI=1S/C12H11ClN2O2S/c1-7-6-18-11(15-7)5-17-12(16)9-3-2-8(14)4-10(9)13/h2-4,6H,5,14H2,1H3. The average Bonchev–Trinajstić information content (AvgIpc) is 2.72. The zero-order valence-electron chi connectivity index (χ0n) is 9.64. The highest BCUT2D eigenvalue weighted by Gasteiger charge is 2.12. The minimum Gasteiger partial charge on any atom is -0.455 e. The van der Waals surface area contributed by atoms with E-state index < -0.39 is 5.97 Å². The number of hydrogen-bond donors (Lipinski definition) is 1. The van der Waals surface area contributed by atoms with E-state index in [0.717, 1.165) is 10.7 Å². The maximum atomic E-state index is 11.8. The number of benzene rings is 1. The van der Waals surface area contributed by atoms with Gasteiger partial charge in [-0.1, -0.05) is 11.6 Å². The molecule has 0 fully saturated rings. The highest BCUT2D eigenvalue weighted by Crippen LogP contribution is 2.20. The third-order valence-electron chi connectivity index (χ3n) is 2.21. The van der Waals surface area contributed by atoms with Crippen molar-refractivity contribution < 1.29 is 9.53 Å². The van der Waals surface area contributed by atoms with Crippen molar-refractivity contribution in [2.24, 2.45) is 0 Å². The summed E-state index contributed by atoms with van der Waals surface area (Å²) in [6, 6.07) is 4.68. The predicted octanol–water partition coefficient (Wildman–Crippen LogP) is 3.04. The van der Waals surface area contributed by atoms with Gasteiger partial charge in [0.1, 0.15) is 11.6 Å². The zero-order valence-corrected chi connectivity index (χ0v) is 11.2. The van der Waals surface area contributed by atoms with Crippen molar-refractivity contribution in [1.29, 1.82) is 0 Å². The number of thiazole rings is 1. The fourth-order valence-corrected chi connectivity index (χ4v) is 2.32. The molecule has 0 spiro atoms. The molecule has 94 valence electrons. The number of nitrogen functional groups attached to an aromatic ring is 1. The number of anilines is 1. The molecule has 0 saturated heterocycles. The summed E-state index contributed by atoms with van der Waals surface area (Å²) in [4.78, 5) is 16.0. The van der Waals surface area contributed by atoms with Crippen molar-refractivity contribution in [3.8, 4) is 0 Å². The number of esters is 1. The highest BCUT2D eigenvalue weighted by atomic mass is 35.5. The number of rotatable bonds is 3. The van der Waals surface area contributed by atoms with E-state index in [9.17, 15) is 4.79 Å². The first-order valence-electron chi connectivity index (χ1n) is 5.19. The molecular weight excluding hydrogens is 272 g/mol. The van der Waals surface area contributed by atoms with Gasteiger partial charge in [0.25, 0.3) is 0 Å². The van der Waals surface area contributed by atoms with Gasteiger partial charge in [0.2, 0.25) is 0 Å². The van der Waals surface area contributed by atoms with Crippen LogP contribution >= 0.6 is 22.9 Å². The van der Waals surface area contributed by atoms with E-state index >= 15 is 0 Å². The number of aromatic nitrogens is 1. The minimum atomic E-state index is -0.479. The monoisotopic (exact) mass is 282 g/mol. The number of ether oxygens (including phenoxy) is 1. The number of aryl methyl sites for hydroxylation is 1. The third-order valence-corrected chi connectivity index (χ3v) is 3.46. The summed E-state index contributed by atoms with van der Waals surface area (Å²) >= 11 is 7.37. The molecule has 0 aliphatic rings. The summed E-state index contributed by atoms with van der Waals surface area (Å²) in [5.74, 6) is -0.479. The summed E-state index contributed by atoms with van der Waals surface area (Å²) in [6.07, 6.45) is 0. The van der Waals surface area contributed by atoms with Crippen molar-refractivity contribution in [2.75, 3.05) is 5.73 Å². The summed E-state index contributed by atoms with van der Waals surface area (Å²) in [7, 11) is 0. The fraction of sp³-hybridized carbons (Fsp3) is 0.167. The highest BCUT2D eigenvalue weighted by molar-refractivity contribution is 7.09. The summed E-state index contributed by atoms with van der Waals surface area (Å²) in [5.41, 5.74) is 7.28. The lowest BCUT2D eigenvalue weighted by molar-refractivity contribution is 0.0472. The Bertz CT molecular complexity index is 583. The normalized spacial score (nSPS) is 10.3. The fourth-order valence-electron chi connectivity index (χ4n) is 1.37. The first kappa shape index (κ1) is 12.9. The topological polar surface area (TPSA) is 65.2 Å². The molecule has 0 unspecified atom stereocenters. The number of nitrogens with two attached hydrogens (primary N) is 1. The number of carbonyl (C=O) groups excluding carboxylic acids is 1. The van der Waals surface area contributed by atoms with Gasteiger partial charge in [-0.25, -0.2) is 9.78 Å². The number of hydrogen-bond acceptors (Lipinski definition) is 5. The Morgan fingerprint density at radius 2 is 2.33 bits per heavy atom. The maximum absolute atomic E-state index is 11.8. The van der Waals surface area contributed by atoms with Gasteiger partial charge < -0.3 is 10.5 Å². The Kier molecular flexibility index (Phi) is 3.84. The van der Waals surface area contributed by atoms with Gasteiger partial charge in [0.15, 0.2) is 0 Å². The molecule has 1 aromatic heterocycles. The van der Waals surface area contributed by atoms with Gasteiger partial charge in [-0.15, -0.1) is 11.3 Å². The van der Waals surface area contributed by atoms with Crippen LogP contribution in [0.25, 0.3) is 0 Å². The second-order valence-corrected chi connectivity index (χ2v) is 5.05. The first-order chi connectivity index (χ1) is 8.56. The van der Waals surface area contributed by atoms with Gasteiger partial charge in [-0.3, -0.25) is 0 Å². The maximum Gasteiger partial charge on any atom is 0.340 e. The van der Waals surface area contributed by atoms with Crippen molar-refractivity contribution in [3.05, 3.63) is 44.9 Å². The molecule has 2 aromatic rings. The molecule has 6 heteroatoms.